The molecule has 2 nitrogen and oxygen atoms in total. The summed E-state index contributed by atoms with van der Waals surface area (Å²) in [6, 6.07) is 0.899. The Hall–Kier alpha value is -0.290. The Labute approximate surface area is 120 Å². The van der Waals surface area contributed by atoms with Gasteiger partial charge in [-0.05, 0) is 71.0 Å². The van der Waals surface area contributed by atoms with Gasteiger partial charge in [0.25, 0.3) is 0 Å². The summed E-state index contributed by atoms with van der Waals surface area (Å²) >= 11 is 0. The van der Waals surface area contributed by atoms with Gasteiger partial charge in [0.1, 0.15) is 0 Å². The number of nitrogens with one attached hydrogen (secondary N) is 1. The lowest BCUT2D eigenvalue weighted by Gasteiger charge is -2.36. The van der Waals surface area contributed by atoms with Gasteiger partial charge in [0.15, 0.2) is 0 Å². The van der Waals surface area contributed by atoms with Gasteiger partial charge in [0.2, 0.25) is 0 Å². The highest BCUT2D eigenvalue weighted by Gasteiger charge is 2.28. The molecular formula is C15H27F3N2. The van der Waals surface area contributed by atoms with Gasteiger partial charge in [0, 0.05) is 18.5 Å². The lowest BCUT2D eigenvalue weighted by Crippen LogP contribution is -2.46. The van der Waals surface area contributed by atoms with Crippen LogP contribution in [0.2, 0.25) is 0 Å². The van der Waals surface area contributed by atoms with Gasteiger partial charge >= 0.3 is 6.18 Å². The van der Waals surface area contributed by atoms with Crippen molar-refractivity contribution in [3.8, 4) is 0 Å². The Morgan fingerprint density at radius 1 is 1.15 bits per heavy atom. The van der Waals surface area contributed by atoms with Crippen molar-refractivity contribution in [3.63, 3.8) is 0 Å². The Kier molecular flexibility index (Phi) is 5.73. The third-order valence-electron chi connectivity index (χ3n) is 4.63. The van der Waals surface area contributed by atoms with Crippen molar-refractivity contribution in [2.24, 2.45) is 5.92 Å². The van der Waals surface area contributed by atoms with E-state index in [0.29, 0.717) is 12.5 Å². The maximum absolute atomic E-state index is 12.1. The van der Waals surface area contributed by atoms with Gasteiger partial charge in [-0.2, -0.15) is 13.2 Å². The number of hydrogen-bond acceptors (Lipinski definition) is 2. The number of hydrogen-bond donors (Lipinski definition) is 1. The highest BCUT2D eigenvalue weighted by molar-refractivity contribution is 4.83. The van der Waals surface area contributed by atoms with Crippen LogP contribution in [0.4, 0.5) is 13.2 Å². The van der Waals surface area contributed by atoms with Crippen LogP contribution in [-0.4, -0.2) is 42.8 Å². The molecule has 1 atom stereocenters. The smallest absolute Gasteiger partial charge is 0.314 e. The molecule has 118 valence electrons. The maximum atomic E-state index is 12.1. The fourth-order valence-corrected chi connectivity index (χ4v) is 2.98. The molecule has 2 aliphatic rings. The van der Waals surface area contributed by atoms with Crippen LogP contribution in [0.3, 0.4) is 0 Å². The second kappa shape index (κ2) is 7.12. The first-order valence-electron chi connectivity index (χ1n) is 7.98. The van der Waals surface area contributed by atoms with Crippen molar-refractivity contribution < 1.29 is 13.2 Å². The number of piperidine rings is 1. The van der Waals surface area contributed by atoms with Gasteiger partial charge in [0.05, 0.1) is 0 Å². The van der Waals surface area contributed by atoms with Crippen LogP contribution in [-0.2, 0) is 0 Å². The second-order valence-electron chi connectivity index (χ2n) is 6.52. The Morgan fingerprint density at radius 3 is 2.35 bits per heavy atom. The van der Waals surface area contributed by atoms with Crippen LogP contribution in [0.15, 0.2) is 0 Å². The molecule has 1 heterocycles. The lowest BCUT2D eigenvalue weighted by atomic mass is 10.0. The number of halogens is 3. The average molecular weight is 292 g/mol. The van der Waals surface area contributed by atoms with Crippen LogP contribution in [0.5, 0.6) is 0 Å². The third kappa shape index (κ3) is 6.00. The van der Waals surface area contributed by atoms with E-state index >= 15 is 0 Å². The van der Waals surface area contributed by atoms with Crippen LogP contribution >= 0.6 is 0 Å². The minimum absolute atomic E-state index is 0.254. The summed E-state index contributed by atoms with van der Waals surface area (Å²) in [4.78, 5) is 2.35. The summed E-state index contributed by atoms with van der Waals surface area (Å²) in [5.74, 6) is 0.911. The molecule has 0 amide bonds. The third-order valence-corrected chi connectivity index (χ3v) is 4.63. The van der Waals surface area contributed by atoms with Gasteiger partial charge in [-0.1, -0.05) is 0 Å². The molecule has 0 spiro atoms. The van der Waals surface area contributed by atoms with Gasteiger partial charge in [-0.15, -0.1) is 0 Å². The number of nitrogens with zero attached hydrogens (tertiary/aromatic N) is 1. The molecule has 0 bridgehead atoms. The van der Waals surface area contributed by atoms with E-state index in [1.54, 1.807) is 0 Å². The van der Waals surface area contributed by atoms with E-state index in [9.17, 15) is 13.2 Å². The summed E-state index contributed by atoms with van der Waals surface area (Å²) in [5, 5.41) is 3.63. The van der Waals surface area contributed by atoms with E-state index in [0.717, 1.165) is 38.4 Å². The SMILES string of the molecule is CC(CCCC(F)(F)F)N1CCC(NCC2CC2)CC1. The lowest BCUT2D eigenvalue weighted by molar-refractivity contribution is -0.136. The first-order valence-corrected chi connectivity index (χ1v) is 7.98. The van der Waals surface area contributed by atoms with Crippen LogP contribution < -0.4 is 5.32 Å². The second-order valence-corrected chi connectivity index (χ2v) is 6.52. The average Bonchev–Trinajstić information content (AvgIpc) is 3.19. The van der Waals surface area contributed by atoms with Crippen molar-refractivity contribution in [2.75, 3.05) is 19.6 Å². The van der Waals surface area contributed by atoms with E-state index in [-0.39, 0.29) is 12.5 Å². The van der Waals surface area contributed by atoms with Crippen molar-refractivity contribution >= 4 is 0 Å². The molecule has 0 aromatic carbocycles. The zero-order valence-corrected chi connectivity index (χ0v) is 12.4. The summed E-state index contributed by atoms with van der Waals surface area (Å²) in [6.07, 6.45) is 1.29. The summed E-state index contributed by atoms with van der Waals surface area (Å²) < 4.78 is 36.4. The molecule has 0 radical (unpaired) electrons. The summed E-state index contributed by atoms with van der Waals surface area (Å²) in [6.45, 7) is 5.27. The number of alkyl halides is 3. The number of likely N-dealkylation sites (tertiary alicyclic amines) is 1. The fourth-order valence-electron chi connectivity index (χ4n) is 2.98. The van der Waals surface area contributed by atoms with E-state index < -0.39 is 12.6 Å². The molecule has 5 heteroatoms. The molecule has 1 unspecified atom stereocenters. The van der Waals surface area contributed by atoms with Gasteiger partial charge < -0.3 is 10.2 Å². The molecule has 2 rings (SSSR count). The van der Waals surface area contributed by atoms with Crippen LogP contribution in [0, 0.1) is 5.92 Å². The first kappa shape index (κ1) is 16.1. The highest BCUT2D eigenvalue weighted by Crippen LogP contribution is 2.28. The normalized spacial score (nSPS) is 24.0. The van der Waals surface area contributed by atoms with Crippen molar-refractivity contribution in [2.45, 2.75) is 70.1 Å². The zero-order valence-electron chi connectivity index (χ0n) is 12.4. The van der Waals surface area contributed by atoms with Gasteiger partial charge in [-0.25, -0.2) is 0 Å². The number of rotatable bonds is 7. The zero-order chi connectivity index (χ0) is 14.6. The molecule has 0 aromatic heterocycles. The van der Waals surface area contributed by atoms with E-state index in [1.807, 2.05) is 0 Å². The predicted octanol–water partition coefficient (Wildman–Crippen LogP) is 3.57. The van der Waals surface area contributed by atoms with Crippen molar-refractivity contribution in [1.82, 2.24) is 10.2 Å². The Balaban J connectivity index is 1.57. The maximum Gasteiger partial charge on any atom is 0.389 e. The molecule has 1 aliphatic carbocycles. The van der Waals surface area contributed by atoms with Crippen molar-refractivity contribution in [3.05, 3.63) is 0 Å². The van der Waals surface area contributed by atoms with E-state index in [4.69, 9.17) is 0 Å². The molecule has 1 aliphatic heterocycles. The molecule has 20 heavy (non-hydrogen) atoms. The summed E-state index contributed by atoms with van der Waals surface area (Å²) in [5.41, 5.74) is 0. The topological polar surface area (TPSA) is 15.3 Å². The van der Waals surface area contributed by atoms with Crippen LogP contribution in [0.1, 0.15) is 51.9 Å². The highest BCUT2D eigenvalue weighted by atomic mass is 19.4. The Bertz CT molecular complexity index is 281. The van der Waals surface area contributed by atoms with Gasteiger partial charge in [-0.3, -0.25) is 0 Å². The minimum atomic E-state index is -4.00. The first-order chi connectivity index (χ1) is 9.44. The molecule has 1 saturated heterocycles. The monoisotopic (exact) mass is 292 g/mol. The van der Waals surface area contributed by atoms with E-state index in [1.165, 1.54) is 12.8 Å². The largest absolute Gasteiger partial charge is 0.389 e. The summed E-state index contributed by atoms with van der Waals surface area (Å²) in [7, 11) is 0. The molecule has 2 fully saturated rings. The standard InChI is InChI=1S/C15H27F3N2/c1-12(3-2-8-15(16,17)18)20-9-6-14(7-10-20)19-11-13-4-5-13/h12-14,19H,2-11H2,1H3. The Morgan fingerprint density at radius 2 is 1.80 bits per heavy atom. The molecule has 1 saturated carbocycles. The van der Waals surface area contributed by atoms with Crippen molar-refractivity contribution in [1.29, 1.82) is 0 Å². The quantitative estimate of drug-likeness (QED) is 0.771. The molecule has 0 aromatic rings. The minimum Gasteiger partial charge on any atom is -0.314 e. The predicted molar refractivity (Wildman–Crippen MR) is 74.7 cm³/mol. The fraction of sp³-hybridized carbons (Fsp3) is 1.00. The van der Waals surface area contributed by atoms with Crippen LogP contribution in [0.25, 0.3) is 0 Å². The molecule has 1 N–H and O–H groups in total. The van der Waals surface area contributed by atoms with E-state index in [2.05, 4.69) is 17.1 Å². The molecular weight excluding hydrogens is 265 g/mol.